The molecule has 0 amide bonds. The molecule has 84 valence electrons. The minimum absolute atomic E-state index is 0.405. The first-order valence-corrected chi connectivity index (χ1v) is 5.95. The van der Waals surface area contributed by atoms with Crippen molar-refractivity contribution < 1.29 is 0 Å². The largest absolute Gasteiger partial charge is 0.327 e. The first-order chi connectivity index (χ1) is 6.49. The second-order valence-electron chi connectivity index (χ2n) is 5.87. The van der Waals surface area contributed by atoms with Crippen LogP contribution in [0.25, 0.3) is 0 Å². The molecule has 0 bridgehead atoms. The van der Waals surface area contributed by atoms with Gasteiger partial charge in [0.2, 0.25) is 0 Å². The zero-order chi connectivity index (χ0) is 10.6. The Hall–Kier alpha value is -0.0800. The van der Waals surface area contributed by atoms with E-state index in [1.54, 1.807) is 0 Å². The average Bonchev–Trinajstić information content (AvgIpc) is 2.14. The standard InChI is InChI=1S/C12H26N2/c1-12(2,3)7-6-11(13)10-5-4-8-14-9-10/h10-11,14H,4-9,13H2,1-3H3. The molecule has 2 atom stereocenters. The number of rotatable bonds is 3. The van der Waals surface area contributed by atoms with Crippen LogP contribution in [0.4, 0.5) is 0 Å². The Bertz CT molecular complexity index is 154. The third-order valence-electron chi connectivity index (χ3n) is 3.17. The lowest BCUT2D eigenvalue weighted by Gasteiger charge is -2.30. The van der Waals surface area contributed by atoms with Crippen molar-refractivity contribution >= 4 is 0 Å². The normalized spacial score (nSPS) is 26.1. The number of piperidine rings is 1. The van der Waals surface area contributed by atoms with Crippen LogP contribution in [-0.2, 0) is 0 Å². The van der Waals surface area contributed by atoms with Gasteiger partial charge in [0.05, 0.1) is 0 Å². The fourth-order valence-corrected chi connectivity index (χ4v) is 2.08. The van der Waals surface area contributed by atoms with E-state index < -0.39 is 0 Å². The van der Waals surface area contributed by atoms with Gasteiger partial charge in [-0.25, -0.2) is 0 Å². The van der Waals surface area contributed by atoms with Crippen molar-refractivity contribution in [2.24, 2.45) is 17.1 Å². The van der Waals surface area contributed by atoms with E-state index >= 15 is 0 Å². The molecule has 0 saturated carbocycles. The molecule has 0 radical (unpaired) electrons. The number of hydrogen-bond acceptors (Lipinski definition) is 2. The molecule has 1 aliphatic heterocycles. The number of nitrogens with two attached hydrogens (primary N) is 1. The molecule has 0 spiro atoms. The van der Waals surface area contributed by atoms with Gasteiger partial charge in [0, 0.05) is 6.04 Å². The summed E-state index contributed by atoms with van der Waals surface area (Å²) in [6.45, 7) is 9.18. The Kier molecular flexibility index (Phi) is 4.39. The summed E-state index contributed by atoms with van der Waals surface area (Å²) in [7, 11) is 0. The predicted octanol–water partition coefficient (Wildman–Crippen LogP) is 2.14. The monoisotopic (exact) mass is 198 g/mol. The van der Waals surface area contributed by atoms with Crippen LogP contribution in [0.3, 0.4) is 0 Å². The van der Waals surface area contributed by atoms with Crippen LogP contribution < -0.4 is 11.1 Å². The van der Waals surface area contributed by atoms with E-state index in [4.69, 9.17) is 5.73 Å². The highest BCUT2D eigenvalue weighted by Gasteiger charge is 2.21. The lowest BCUT2D eigenvalue weighted by atomic mass is 9.83. The molecule has 2 heteroatoms. The molecule has 1 heterocycles. The van der Waals surface area contributed by atoms with E-state index in [9.17, 15) is 0 Å². The van der Waals surface area contributed by atoms with Gasteiger partial charge in [-0.1, -0.05) is 20.8 Å². The van der Waals surface area contributed by atoms with Crippen LogP contribution in [0, 0.1) is 11.3 Å². The molecule has 3 N–H and O–H groups in total. The lowest BCUT2D eigenvalue weighted by Crippen LogP contribution is -2.41. The number of nitrogens with one attached hydrogen (secondary N) is 1. The van der Waals surface area contributed by atoms with Gasteiger partial charge in [-0.2, -0.15) is 0 Å². The summed E-state index contributed by atoms with van der Waals surface area (Å²) in [5.41, 5.74) is 6.65. The molecule has 2 unspecified atom stereocenters. The molecule has 0 aliphatic carbocycles. The first kappa shape index (κ1) is 12.0. The van der Waals surface area contributed by atoms with Crippen LogP contribution in [0.2, 0.25) is 0 Å². The summed E-state index contributed by atoms with van der Waals surface area (Å²) in [6.07, 6.45) is 5.03. The van der Waals surface area contributed by atoms with E-state index in [1.807, 2.05) is 0 Å². The second-order valence-corrected chi connectivity index (χ2v) is 5.87. The highest BCUT2D eigenvalue weighted by molar-refractivity contribution is 4.80. The molecule has 0 aromatic carbocycles. The molecule has 1 aliphatic rings. The van der Waals surface area contributed by atoms with Gasteiger partial charge in [0.25, 0.3) is 0 Å². The van der Waals surface area contributed by atoms with Gasteiger partial charge in [0.1, 0.15) is 0 Å². The van der Waals surface area contributed by atoms with Crippen molar-refractivity contribution in [1.29, 1.82) is 0 Å². The maximum Gasteiger partial charge on any atom is 0.00794 e. The van der Waals surface area contributed by atoms with E-state index in [0.717, 1.165) is 6.54 Å². The molecule has 14 heavy (non-hydrogen) atoms. The van der Waals surface area contributed by atoms with Crippen LogP contribution in [0.5, 0.6) is 0 Å². The molecule has 2 nitrogen and oxygen atoms in total. The Labute approximate surface area is 88.6 Å². The summed E-state index contributed by atoms with van der Waals surface area (Å²) in [5.74, 6) is 0.714. The maximum absolute atomic E-state index is 6.22. The Morgan fingerprint density at radius 2 is 2.14 bits per heavy atom. The Balaban J connectivity index is 2.23. The molecule has 1 fully saturated rings. The van der Waals surface area contributed by atoms with Gasteiger partial charge < -0.3 is 11.1 Å². The second kappa shape index (κ2) is 5.13. The Morgan fingerprint density at radius 3 is 2.64 bits per heavy atom. The van der Waals surface area contributed by atoms with Crippen molar-refractivity contribution in [1.82, 2.24) is 5.32 Å². The van der Waals surface area contributed by atoms with Gasteiger partial charge in [-0.05, 0) is 50.1 Å². The van der Waals surface area contributed by atoms with Crippen molar-refractivity contribution in [3.8, 4) is 0 Å². The predicted molar refractivity (Wildman–Crippen MR) is 62.3 cm³/mol. The quantitative estimate of drug-likeness (QED) is 0.729. The van der Waals surface area contributed by atoms with Crippen molar-refractivity contribution in [3.05, 3.63) is 0 Å². The Morgan fingerprint density at radius 1 is 1.43 bits per heavy atom. The maximum atomic E-state index is 6.22. The van der Waals surface area contributed by atoms with Crippen LogP contribution in [-0.4, -0.2) is 19.1 Å². The van der Waals surface area contributed by atoms with Gasteiger partial charge in [-0.3, -0.25) is 0 Å². The van der Waals surface area contributed by atoms with Gasteiger partial charge in [-0.15, -0.1) is 0 Å². The lowest BCUT2D eigenvalue weighted by molar-refractivity contribution is 0.273. The van der Waals surface area contributed by atoms with Crippen LogP contribution >= 0.6 is 0 Å². The minimum Gasteiger partial charge on any atom is -0.327 e. The van der Waals surface area contributed by atoms with Crippen LogP contribution in [0.1, 0.15) is 46.5 Å². The van der Waals surface area contributed by atoms with E-state index in [0.29, 0.717) is 17.4 Å². The van der Waals surface area contributed by atoms with E-state index in [-0.39, 0.29) is 0 Å². The smallest absolute Gasteiger partial charge is 0.00794 e. The van der Waals surface area contributed by atoms with E-state index in [2.05, 4.69) is 26.1 Å². The van der Waals surface area contributed by atoms with Crippen molar-refractivity contribution in [3.63, 3.8) is 0 Å². The molecular formula is C12H26N2. The number of hydrogen-bond donors (Lipinski definition) is 2. The summed E-state index contributed by atoms with van der Waals surface area (Å²) in [4.78, 5) is 0. The molecule has 0 aromatic rings. The van der Waals surface area contributed by atoms with E-state index in [1.165, 1.54) is 32.2 Å². The first-order valence-electron chi connectivity index (χ1n) is 5.95. The summed E-state index contributed by atoms with van der Waals surface area (Å²) < 4.78 is 0. The zero-order valence-electron chi connectivity index (χ0n) is 9.97. The SMILES string of the molecule is CC(C)(C)CCC(N)C1CCCNC1. The highest BCUT2D eigenvalue weighted by Crippen LogP contribution is 2.24. The molecule has 1 saturated heterocycles. The third kappa shape index (κ3) is 4.43. The van der Waals surface area contributed by atoms with Gasteiger partial charge >= 0.3 is 0 Å². The minimum atomic E-state index is 0.405. The fraction of sp³-hybridized carbons (Fsp3) is 1.00. The average molecular weight is 198 g/mol. The van der Waals surface area contributed by atoms with Crippen molar-refractivity contribution in [2.45, 2.75) is 52.5 Å². The van der Waals surface area contributed by atoms with Gasteiger partial charge in [0.15, 0.2) is 0 Å². The highest BCUT2D eigenvalue weighted by atomic mass is 14.9. The summed E-state index contributed by atoms with van der Waals surface area (Å²) >= 11 is 0. The molecule has 1 rings (SSSR count). The fourth-order valence-electron chi connectivity index (χ4n) is 2.08. The molecule has 0 aromatic heterocycles. The summed E-state index contributed by atoms with van der Waals surface area (Å²) in [6, 6.07) is 0.405. The summed E-state index contributed by atoms with van der Waals surface area (Å²) in [5, 5.41) is 3.43. The topological polar surface area (TPSA) is 38.0 Å². The zero-order valence-corrected chi connectivity index (χ0v) is 9.97. The third-order valence-corrected chi connectivity index (χ3v) is 3.17. The van der Waals surface area contributed by atoms with Crippen molar-refractivity contribution in [2.75, 3.05) is 13.1 Å². The molecular weight excluding hydrogens is 172 g/mol. The van der Waals surface area contributed by atoms with Crippen LogP contribution in [0.15, 0.2) is 0 Å².